The molecule has 2 atom stereocenters. The smallest absolute Gasteiger partial charge is 0.406 e. The van der Waals surface area contributed by atoms with Gasteiger partial charge in [0.1, 0.15) is 11.5 Å². The van der Waals surface area contributed by atoms with E-state index in [0.717, 1.165) is 19.3 Å². The number of nitrogens with two attached hydrogens (primary N) is 1. The average Bonchev–Trinajstić information content (AvgIpc) is 2.76. The molecule has 0 bridgehead atoms. The topological polar surface area (TPSA) is 52.3 Å². The summed E-state index contributed by atoms with van der Waals surface area (Å²) in [5.74, 6) is -0.355. The molecule has 0 aromatic heterocycles. The second-order valence-corrected chi connectivity index (χ2v) is 5.04. The molecule has 2 N–H and O–H groups in total. The van der Waals surface area contributed by atoms with Gasteiger partial charge in [-0.3, -0.25) is 4.79 Å². The fraction of sp³-hybridized carbons (Fsp3) is 0.500. The summed E-state index contributed by atoms with van der Waals surface area (Å²) in [4.78, 5) is 12.0. The molecule has 1 fully saturated rings. The number of rotatable bonds is 4. The minimum atomic E-state index is -4.70. The third-order valence-corrected chi connectivity index (χ3v) is 3.52. The highest BCUT2D eigenvalue weighted by Crippen LogP contribution is 2.27. The van der Waals surface area contributed by atoms with Crippen molar-refractivity contribution in [3.8, 4) is 5.75 Å². The molecule has 0 spiro atoms. The largest absolute Gasteiger partial charge is 0.573 e. The lowest BCUT2D eigenvalue weighted by Crippen LogP contribution is -2.31. The number of halogens is 3. The summed E-state index contributed by atoms with van der Waals surface area (Å²) in [7, 11) is 0. The van der Waals surface area contributed by atoms with Crippen molar-refractivity contribution in [1.29, 1.82) is 0 Å². The molecule has 1 saturated carbocycles. The van der Waals surface area contributed by atoms with Gasteiger partial charge in [-0.1, -0.05) is 18.6 Å². The van der Waals surface area contributed by atoms with Crippen molar-refractivity contribution >= 4 is 5.78 Å². The highest BCUT2D eigenvalue weighted by atomic mass is 19.4. The highest BCUT2D eigenvalue weighted by Gasteiger charge is 2.31. The molecular weight excluding hydrogens is 271 g/mol. The second-order valence-electron chi connectivity index (χ2n) is 5.04. The van der Waals surface area contributed by atoms with Crippen LogP contribution >= 0.6 is 0 Å². The van der Waals surface area contributed by atoms with Crippen LogP contribution in [0.1, 0.15) is 24.8 Å². The predicted molar refractivity (Wildman–Crippen MR) is 67.2 cm³/mol. The number of hydrogen-bond acceptors (Lipinski definition) is 3. The molecule has 2 rings (SSSR count). The van der Waals surface area contributed by atoms with Crippen LogP contribution in [0, 0.1) is 5.92 Å². The third kappa shape index (κ3) is 3.96. The molecule has 0 amide bonds. The van der Waals surface area contributed by atoms with Crippen molar-refractivity contribution in [3.63, 3.8) is 0 Å². The first kappa shape index (κ1) is 14.8. The van der Waals surface area contributed by atoms with Crippen LogP contribution in [0.5, 0.6) is 5.75 Å². The number of ether oxygens (including phenoxy) is 1. The van der Waals surface area contributed by atoms with Crippen LogP contribution in [-0.2, 0) is 11.2 Å². The molecule has 0 saturated heterocycles. The standard InChI is InChI=1S/C14H16F3NO2/c15-14(16,17)20-10-6-4-9(5-7-10)8-13(19)11-2-1-3-12(11)18/h4-7,11-12H,1-3,8,18H2. The van der Waals surface area contributed by atoms with Gasteiger partial charge >= 0.3 is 6.36 Å². The maximum absolute atomic E-state index is 12.0. The van der Waals surface area contributed by atoms with E-state index in [1.54, 1.807) is 0 Å². The van der Waals surface area contributed by atoms with Gasteiger partial charge in [0.2, 0.25) is 0 Å². The molecule has 1 aliphatic carbocycles. The molecule has 1 aromatic carbocycles. The minimum absolute atomic E-state index is 0.0551. The molecule has 0 heterocycles. The highest BCUT2D eigenvalue weighted by molar-refractivity contribution is 5.84. The Bertz CT molecular complexity index is 470. The summed E-state index contributed by atoms with van der Waals surface area (Å²) in [6, 6.07) is 5.28. The number of carbonyl (C=O) groups is 1. The van der Waals surface area contributed by atoms with E-state index in [9.17, 15) is 18.0 Å². The van der Waals surface area contributed by atoms with Gasteiger partial charge in [0.15, 0.2) is 0 Å². The molecule has 20 heavy (non-hydrogen) atoms. The predicted octanol–water partition coefficient (Wildman–Crippen LogP) is 2.82. The quantitative estimate of drug-likeness (QED) is 0.926. The SMILES string of the molecule is NC1CCCC1C(=O)Cc1ccc(OC(F)(F)F)cc1. The molecule has 3 nitrogen and oxygen atoms in total. The molecular formula is C14H16F3NO2. The maximum atomic E-state index is 12.0. The molecule has 2 unspecified atom stereocenters. The van der Waals surface area contributed by atoms with Crippen molar-refractivity contribution < 1.29 is 22.7 Å². The van der Waals surface area contributed by atoms with E-state index in [2.05, 4.69) is 4.74 Å². The van der Waals surface area contributed by atoms with E-state index in [1.165, 1.54) is 24.3 Å². The van der Waals surface area contributed by atoms with Crippen molar-refractivity contribution in [2.45, 2.75) is 38.1 Å². The van der Waals surface area contributed by atoms with E-state index >= 15 is 0 Å². The summed E-state index contributed by atoms with van der Waals surface area (Å²) in [5, 5.41) is 0. The first-order valence-electron chi connectivity index (χ1n) is 6.48. The molecule has 0 aliphatic heterocycles. The van der Waals surface area contributed by atoms with Gasteiger partial charge < -0.3 is 10.5 Å². The van der Waals surface area contributed by atoms with Crippen molar-refractivity contribution in [2.24, 2.45) is 11.7 Å². The Morgan fingerprint density at radius 3 is 2.40 bits per heavy atom. The zero-order chi connectivity index (χ0) is 14.8. The Balaban J connectivity index is 1.95. The Morgan fingerprint density at radius 1 is 1.25 bits per heavy atom. The van der Waals surface area contributed by atoms with E-state index in [4.69, 9.17) is 5.73 Å². The zero-order valence-electron chi connectivity index (χ0n) is 10.8. The number of Topliss-reactive ketones (excluding diaryl/α,β-unsaturated/α-hetero) is 1. The lowest BCUT2D eigenvalue weighted by Gasteiger charge is -2.14. The van der Waals surface area contributed by atoms with Crippen LogP contribution in [0.4, 0.5) is 13.2 Å². The summed E-state index contributed by atoms with van der Waals surface area (Å²) in [6.07, 6.45) is -1.89. The molecule has 110 valence electrons. The number of hydrogen-bond donors (Lipinski definition) is 1. The molecule has 1 aliphatic rings. The number of carbonyl (C=O) groups excluding carboxylic acids is 1. The lowest BCUT2D eigenvalue weighted by molar-refractivity contribution is -0.274. The van der Waals surface area contributed by atoms with Gasteiger partial charge in [-0.05, 0) is 30.5 Å². The van der Waals surface area contributed by atoms with Crippen LogP contribution in [0.15, 0.2) is 24.3 Å². The summed E-state index contributed by atoms with van der Waals surface area (Å²) >= 11 is 0. The van der Waals surface area contributed by atoms with E-state index in [0.29, 0.717) is 5.56 Å². The number of ketones is 1. The van der Waals surface area contributed by atoms with Gasteiger partial charge in [0.05, 0.1) is 0 Å². The van der Waals surface area contributed by atoms with Gasteiger partial charge in [0.25, 0.3) is 0 Å². The molecule has 0 radical (unpaired) electrons. The van der Waals surface area contributed by atoms with Crippen molar-refractivity contribution in [1.82, 2.24) is 0 Å². The number of benzene rings is 1. The first-order valence-corrected chi connectivity index (χ1v) is 6.48. The maximum Gasteiger partial charge on any atom is 0.573 e. The van der Waals surface area contributed by atoms with Gasteiger partial charge in [-0.15, -0.1) is 13.2 Å². The van der Waals surface area contributed by atoms with Gasteiger partial charge in [-0.2, -0.15) is 0 Å². The van der Waals surface area contributed by atoms with Crippen LogP contribution < -0.4 is 10.5 Å². The van der Waals surface area contributed by atoms with Crippen LogP contribution in [0.25, 0.3) is 0 Å². The van der Waals surface area contributed by atoms with Gasteiger partial charge in [0, 0.05) is 18.4 Å². The fourth-order valence-electron chi connectivity index (χ4n) is 2.53. The van der Waals surface area contributed by atoms with Crippen molar-refractivity contribution in [2.75, 3.05) is 0 Å². The van der Waals surface area contributed by atoms with E-state index in [1.807, 2.05) is 0 Å². The van der Waals surface area contributed by atoms with Gasteiger partial charge in [-0.25, -0.2) is 0 Å². The van der Waals surface area contributed by atoms with Crippen LogP contribution in [0.2, 0.25) is 0 Å². The second kappa shape index (κ2) is 5.83. The Labute approximate surface area is 114 Å². The molecule has 1 aromatic rings. The monoisotopic (exact) mass is 287 g/mol. The molecule has 6 heteroatoms. The summed E-state index contributed by atoms with van der Waals surface area (Å²) in [5.41, 5.74) is 6.53. The fourth-order valence-corrected chi connectivity index (χ4v) is 2.53. The van der Waals surface area contributed by atoms with E-state index in [-0.39, 0.29) is 29.9 Å². The Kier molecular flexibility index (Phi) is 4.32. The van der Waals surface area contributed by atoms with E-state index < -0.39 is 6.36 Å². The summed E-state index contributed by atoms with van der Waals surface area (Å²) in [6.45, 7) is 0. The normalized spacial score (nSPS) is 22.8. The number of alkyl halides is 3. The lowest BCUT2D eigenvalue weighted by atomic mass is 9.94. The third-order valence-electron chi connectivity index (χ3n) is 3.52. The van der Waals surface area contributed by atoms with Crippen LogP contribution in [-0.4, -0.2) is 18.2 Å². The minimum Gasteiger partial charge on any atom is -0.406 e. The Morgan fingerprint density at radius 2 is 1.90 bits per heavy atom. The average molecular weight is 287 g/mol. The zero-order valence-corrected chi connectivity index (χ0v) is 10.8. The first-order chi connectivity index (χ1) is 9.35. The van der Waals surface area contributed by atoms with Crippen LogP contribution in [0.3, 0.4) is 0 Å². The summed E-state index contributed by atoms with van der Waals surface area (Å²) < 4.78 is 39.8. The van der Waals surface area contributed by atoms with Crippen molar-refractivity contribution in [3.05, 3.63) is 29.8 Å². The Hall–Kier alpha value is -1.56.